The van der Waals surface area contributed by atoms with E-state index in [9.17, 15) is 4.79 Å². The number of halogens is 1. The first-order chi connectivity index (χ1) is 7.60. The minimum atomic E-state index is -0.491. The lowest BCUT2D eigenvalue weighted by Crippen LogP contribution is -2.38. The van der Waals surface area contributed by atoms with Gasteiger partial charge in [0.1, 0.15) is 5.76 Å². The summed E-state index contributed by atoms with van der Waals surface area (Å²) in [5.74, 6) is 0.673. The van der Waals surface area contributed by atoms with E-state index in [1.807, 2.05) is 13.8 Å². The number of aryl methyl sites for hydroxylation is 2. The van der Waals surface area contributed by atoms with E-state index < -0.39 is 6.04 Å². The maximum absolute atomic E-state index is 11.4. The molecular formula is C11H20ClN3O2. The molecule has 6 heteroatoms. The number of amides is 1. The van der Waals surface area contributed by atoms with Crippen molar-refractivity contribution in [3.8, 4) is 0 Å². The monoisotopic (exact) mass is 261 g/mol. The number of nitrogens with zero attached hydrogens (tertiary/aromatic N) is 1. The van der Waals surface area contributed by atoms with Crippen molar-refractivity contribution in [2.24, 2.45) is 5.73 Å². The minimum Gasteiger partial charge on any atom is -0.361 e. The lowest BCUT2D eigenvalue weighted by atomic mass is 10.1. The molecule has 0 aromatic carbocycles. The highest BCUT2D eigenvalue weighted by Crippen LogP contribution is 2.15. The van der Waals surface area contributed by atoms with Gasteiger partial charge in [-0.15, -0.1) is 12.4 Å². The fourth-order valence-corrected chi connectivity index (χ4v) is 1.47. The van der Waals surface area contributed by atoms with Crippen LogP contribution in [-0.4, -0.2) is 17.1 Å². The van der Waals surface area contributed by atoms with Crippen molar-refractivity contribution in [1.29, 1.82) is 0 Å². The van der Waals surface area contributed by atoms with Gasteiger partial charge in [0.2, 0.25) is 5.91 Å². The Morgan fingerprint density at radius 3 is 2.59 bits per heavy atom. The van der Waals surface area contributed by atoms with Crippen LogP contribution in [0.25, 0.3) is 0 Å². The van der Waals surface area contributed by atoms with Crippen LogP contribution in [0.1, 0.15) is 37.8 Å². The number of nitrogens with one attached hydrogen (secondary N) is 1. The van der Waals surface area contributed by atoms with Crippen molar-refractivity contribution in [2.45, 2.75) is 46.2 Å². The Kier molecular flexibility index (Phi) is 6.83. The van der Waals surface area contributed by atoms with Crippen LogP contribution in [0.5, 0.6) is 0 Å². The topological polar surface area (TPSA) is 81.2 Å². The number of rotatable bonds is 5. The van der Waals surface area contributed by atoms with E-state index in [0.29, 0.717) is 6.54 Å². The van der Waals surface area contributed by atoms with E-state index in [0.717, 1.165) is 29.9 Å². The summed E-state index contributed by atoms with van der Waals surface area (Å²) in [5, 5.41) is 6.74. The molecule has 98 valence electrons. The molecule has 0 spiro atoms. The Labute approximate surface area is 108 Å². The van der Waals surface area contributed by atoms with E-state index in [-0.39, 0.29) is 18.3 Å². The standard InChI is InChI=1S/C11H19N3O2.ClH/c1-4-9-8(10(5-2)16-14-9)6-13-11(15)7(3)12;/h7H,4-6,12H2,1-3H3,(H,13,15);1H/t7-;/m0./s1. The van der Waals surface area contributed by atoms with E-state index in [1.54, 1.807) is 6.92 Å². The fraction of sp³-hybridized carbons (Fsp3) is 0.636. The lowest BCUT2D eigenvalue weighted by Gasteiger charge is -2.07. The molecule has 0 saturated carbocycles. The SMILES string of the molecule is CCc1noc(CC)c1CNC(=O)[C@H](C)N.Cl. The van der Waals surface area contributed by atoms with Crippen molar-refractivity contribution < 1.29 is 9.32 Å². The van der Waals surface area contributed by atoms with Gasteiger partial charge in [0.05, 0.1) is 11.7 Å². The van der Waals surface area contributed by atoms with Gasteiger partial charge in [-0.25, -0.2) is 0 Å². The maximum Gasteiger partial charge on any atom is 0.236 e. The Morgan fingerprint density at radius 1 is 1.47 bits per heavy atom. The second-order valence-electron chi connectivity index (χ2n) is 3.74. The molecule has 3 N–H and O–H groups in total. The van der Waals surface area contributed by atoms with Crippen molar-refractivity contribution in [3.05, 3.63) is 17.0 Å². The normalized spacial score (nSPS) is 11.8. The van der Waals surface area contributed by atoms with Gasteiger partial charge in [-0.05, 0) is 13.3 Å². The van der Waals surface area contributed by atoms with Gasteiger partial charge in [-0.2, -0.15) is 0 Å². The number of nitrogens with two attached hydrogens (primary N) is 1. The summed E-state index contributed by atoms with van der Waals surface area (Å²) in [5.41, 5.74) is 7.36. The molecule has 0 saturated heterocycles. The van der Waals surface area contributed by atoms with Crippen molar-refractivity contribution in [3.63, 3.8) is 0 Å². The van der Waals surface area contributed by atoms with E-state index in [2.05, 4.69) is 10.5 Å². The molecule has 0 fully saturated rings. The summed E-state index contributed by atoms with van der Waals surface area (Å²) in [7, 11) is 0. The number of carbonyl (C=O) groups is 1. The smallest absolute Gasteiger partial charge is 0.236 e. The predicted molar refractivity (Wildman–Crippen MR) is 68.0 cm³/mol. The zero-order chi connectivity index (χ0) is 12.1. The third kappa shape index (κ3) is 4.02. The first kappa shape index (κ1) is 15.9. The third-order valence-corrected chi connectivity index (χ3v) is 2.46. The zero-order valence-electron chi connectivity index (χ0n) is 10.4. The molecule has 1 amide bonds. The van der Waals surface area contributed by atoms with Crippen molar-refractivity contribution in [2.75, 3.05) is 0 Å². The lowest BCUT2D eigenvalue weighted by molar-refractivity contribution is -0.122. The molecule has 1 aromatic rings. The van der Waals surface area contributed by atoms with E-state index in [1.165, 1.54) is 0 Å². The van der Waals surface area contributed by atoms with Crippen LogP contribution in [0.2, 0.25) is 0 Å². The molecule has 1 heterocycles. The van der Waals surface area contributed by atoms with Crippen LogP contribution in [0.15, 0.2) is 4.52 Å². The second-order valence-corrected chi connectivity index (χ2v) is 3.74. The average molecular weight is 262 g/mol. The molecule has 0 aliphatic rings. The highest BCUT2D eigenvalue weighted by Gasteiger charge is 2.15. The van der Waals surface area contributed by atoms with Crippen LogP contribution in [0.4, 0.5) is 0 Å². The molecule has 0 radical (unpaired) electrons. The van der Waals surface area contributed by atoms with Crippen LogP contribution in [0.3, 0.4) is 0 Å². The van der Waals surface area contributed by atoms with Gasteiger partial charge in [-0.3, -0.25) is 4.79 Å². The van der Waals surface area contributed by atoms with Crippen molar-refractivity contribution >= 4 is 18.3 Å². The van der Waals surface area contributed by atoms with Crippen LogP contribution in [0, 0.1) is 0 Å². The summed E-state index contributed by atoms with van der Waals surface area (Å²) in [6.07, 6.45) is 1.57. The molecule has 1 aromatic heterocycles. The summed E-state index contributed by atoms with van der Waals surface area (Å²) in [4.78, 5) is 11.4. The largest absolute Gasteiger partial charge is 0.361 e. The highest BCUT2D eigenvalue weighted by atomic mass is 35.5. The van der Waals surface area contributed by atoms with Crippen LogP contribution in [-0.2, 0) is 24.2 Å². The average Bonchev–Trinajstić information content (AvgIpc) is 2.67. The molecule has 0 bridgehead atoms. The molecule has 0 aliphatic carbocycles. The molecule has 17 heavy (non-hydrogen) atoms. The van der Waals surface area contributed by atoms with Gasteiger partial charge in [-0.1, -0.05) is 19.0 Å². The Hall–Kier alpha value is -1.07. The quantitative estimate of drug-likeness (QED) is 0.834. The van der Waals surface area contributed by atoms with Crippen LogP contribution >= 0.6 is 12.4 Å². The minimum absolute atomic E-state index is 0. The van der Waals surface area contributed by atoms with Gasteiger partial charge in [0.15, 0.2) is 0 Å². The number of hydrogen-bond acceptors (Lipinski definition) is 4. The molecule has 0 unspecified atom stereocenters. The first-order valence-electron chi connectivity index (χ1n) is 5.59. The summed E-state index contributed by atoms with van der Waals surface area (Å²) >= 11 is 0. The third-order valence-electron chi connectivity index (χ3n) is 2.46. The van der Waals surface area contributed by atoms with Gasteiger partial charge >= 0.3 is 0 Å². The molecule has 0 aliphatic heterocycles. The van der Waals surface area contributed by atoms with E-state index >= 15 is 0 Å². The molecular weight excluding hydrogens is 242 g/mol. The molecule has 5 nitrogen and oxygen atoms in total. The number of carbonyl (C=O) groups excluding carboxylic acids is 1. The molecule has 1 rings (SSSR count). The molecule has 1 atom stereocenters. The Morgan fingerprint density at radius 2 is 2.12 bits per heavy atom. The second kappa shape index (κ2) is 7.29. The van der Waals surface area contributed by atoms with E-state index in [4.69, 9.17) is 10.3 Å². The van der Waals surface area contributed by atoms with Crippen molar-refractivity contribution in [1.82, 2.24) is 10.5 Å². The Balaban J connectivity index is 0.00000256. The van der Waals surface area contributed by atoms with Gasteiger partial charge in [0.25, 0.3) is 0 Å². The zero-order valence-corrected chi connectivity index (χ0v) is 11.3. The van der Waals surface area contributed by atoms with Crippen LogP contribution < -0.4 is 11.1 Å². The predicted octanol–water partition coefficient (Wildman–Crippen LogP) is 1.18. The fourth-order valence-electron chi connectivity index (χ4n) is 1.47. The first-order valence-corrected chi connectivity index (χ1v) is 5.59. The summed E-state index contributed by atoms with van der Waals surface area (Å²) in [6, 6.07) is -0.491. The van der Waals surface area contributed by atoms with Gasteiger partial charge in [0, 0.05) is 18.5 Å². The Bertz CT molecular complexity index is 342. The maximum atomic E-state index is 11.4. The summed E-state index contributed by atoms with van der Waals surface area (Å²) in [6.45, 7) is 6.10. The highest BCUT2D eigenvalue weighted by molar-refractivity contribution is 5.85. The number of aromatic nitrogens is 1. The summed E-state index contributed by atoms with van der Waals surface area (Å²) < 4.78 is 5.20. The number of hydrogen-bond donors (Lipinski definition) is 2. The van der Waals surface area contributed by atoms with Gasteiger partial charge < -0.3 is 15.6 Å².